The van der Waals surface area contributed by atoms with Gasteiger partial charge in [0.15, 0.2) is 0 Å². The maximum Gasteiger partial charge on any atom is 0.411 e. The summed E-state index contributed by atoms with van der Waals surface area (Å²) in [4.78, 5) is 13.8. The highest BCUT2D eigenvalue weighted by Gasteiger charge is 2.55. The van der Waals surface area contributed by atoms with E-state index in [0.717, 1.165) is 19.3 Å². The minimum atomic E-state index is -0.482. The van der Waals surface area contributed by atoms with Gasteiger partial charge in [-0.3, -0.25) is 4.90 Å². The quantitative estimate of drug-likeness (QED) is 0.781. The Bertz CT molecular complexity index is 309. The summed E-state index contributed by atoms with van der Waals surface area (Å²) < 4.78 is 5.40. The van der Waals surface area contributed by atoms with Gasteiger partial charge < -0.3 is 9.84 Å². The Labute approximate surface area is 117 Å². The fraction of sp³-hybridized carbons (Fsp3) is 0.933. The second-order valence-electron chi connectivity index (χ2n) is 6.93. The van der Waals surface area contributed by atoms with Crippen LogP contribution in [0.3, 0.4) is 0 Å². The largest absolute Gasteiger partial charge is 0.444 e. The van der Waals surface area contributed by atoms with Gasteiger partial charge in [0.1, 0.15) is 5.60 Å². The summed E-state index contributed by atoms with van der Waals surface area (Å²) in [6, 6.07) is 0.0887. The van der Waals surface area contributed by atoms with Gasteiger partial charge in [0, 0.05) is 0 Å². The molecule has 1 heterocycles. The summed E-state index contributed by atoms with van der Waals surface area (Å²) >= 11 is 0. The van der Waals surface area contributed by atoms with Crippen LogP contribution in [0.25, 0.3) is 0 Å². The number of rotatable bonds is 5. The third-order valence-corrected chi connectivity index (χ3v) is 3.28. The van der Waals surface area contributed by atoms with E-state index in [9.17, 15) is 9.90 Å². The number of carbonyl (C=O) groups excluding carboxylic acids is 1. The number of hydrogen-bond donors (Lipinski definition) is 1. The smallest absolute Gasteiger partial charge is 0.411 e. The molecule has 112 valence electrons. The molecule has 19 heavy (non-hydrogen) atoms. The van der Waals surface area contributed by atoms with Gasteiger partial charge in [0.05, 0.1) is 18.2 Å². The summed E-state index contributed by atoms with van der Waals surface area (Å²) in [5, 5.41) is 10.2. The summed E-state index contributed by atoms with van der Waals surface area (Å²) in [6.45, 7) is 11.8. The number of hydrogen-bond acceptors (Lipinski definition) is 3. The van der Waals surface area contributed by atoms with E-state index in [0.29, 0.717) is 5.92 Å². The Hall–Kier alpha value is -0.770. The van der Waals surface area contributed by atoms with Crippen LogP contribution in [0.5, 0.6) is 0 Å². The Morgan fingerprint density at radius 3 is 2.37 bits per heavy atom. The molecule has 0 saturated carbocycles. The van der Waals surface area contributed by atoms with Gasteiger partial charge in [-0.2, -0.15) is 0 Å². The average molecular weight is 271 g/mol. The lowest BCUT2D eigenvalue weighted by molar-refractivity contribution is 0.0346. The summed E-state index contributed by atoms with van der Waals surface area (Å²) in [6.07, 6.45) is 1.93. The summed E-state index contributed by atoms with van der Waals surface area (Å²) in [5.74, 6) is 0.429. The number of aliphatic hydroxyl groups excluding tert-OH is 1. The lowest BCUT2D eigenvalue weighted by Gasteiger charge is -2.21. The predicted molar refractivity (Wildman–Crippen MR) is 76.0 cm³/mol. The fourth-order valence-corrected chi connectivity index (χ4v) is 2.54. The number of nitrogens with zero attached hydrogens (tertiary/aromatic N) is 1. The molecule has 0 aromatic heterocycles. The minimum absolute atomic E-state index is 0.0581. The normalized spacial score (nSPS) is 24.5. The second kappa shape index (κ2) is 6.12. The topological polar surface area (TPSA) is 49.5 Å². The van der Waals surface area contributed by atoms with Gasteiger partial charge in [0.25, 0.3) is 0 Å². The van der Waals surface area contributed by atoms with Crippen molar-refractivity contribution in [2.45, 2.75) is 84.6 Å². The lowest BCUT2D eigenvalue weighted by atomic mass is 10.0. The first-order valence-corrected chi connectivity index (χ1v) is 7.36. The Kier molecular flexibility index (Phi) is 5.25. The maximum absolute atomic E-state index is 12.1. The molecule has 0 radical (unpaired) electrons. The zero-order valence-electron chi connectivity index (χ0n) is 13.1. The molecule has 0 spiro atoms. The summed E-state index contributed by atoms with van der Waals surface area (Å²) in [5.41, 5.74) is -0.482. The van der Waals surface area contributed by atoms with Crippen molar-refractivity contribution >= 4 is 6.09 Å². The first kappa shape index (κ1) is 16.3. The van der Waals surface area contributed by atoms with E-state index in [-0.39, 0.29) is 18.2 Å². The Balaban J connectivity index is 2.63. The Morgan fingerprint density at radius 2 is 1.95 bits per heavy atom. The molecule has 1 amide bonds. The zero-order valence-corrected chi connectivity index (χ0v) is 13.1. The van der Waals surface area contributed by atoms with Crippen molar-refractivity contribution in [1.29, 1.82) is 0 Å². The molecule has 1 aliphatic rings. The van der Waals surface area contributed by atoms with Gasteiger partial charge in [-0.25, -0.2) is 4.79 Å². The molecular weight excluding hydrogens is 242 g/mol. The van der Waals surface area contributed by atoms with E-state index in [1.54, 1.807) is 4.90 Å². The molecule has 3 atom stereocenters. The van der Waals surface area contributed by atoms with Crippen molar-refractivity contribution in [3.63, 3.8) is 0 Å². The SMILES string of the molecule is CCC[C@H]1[C@H]([C@H](O)CC(C)C)N1C(=O)OC(C)(C)C. The van der Waals surface area contributed by atoms with E-state index >= 15 is 0 Å². The van der Waals surface area contributed by atoms with Crippen molar-refractivity contribution in [3.05, 3.63) is 0 Å². The third-order valence-electron chi connectivity index (χ3n) is 3.28. The molecule has 0 unspecified atom stereocenters. The van der Waals surface area contributed by atoms with Gasteiger partial charge in [-0.05, 0) is 39.5 Å². The van der Waals surface area contributed by atoms with Crippen LogP contribution < -0.4 is 0 Å². The van der Waals surface area contributed by atoms with Crippen molar-refractivity contribution in [1.82, 2.24) is 4.90 Å². The minimum Gasteiger partial charge on any atom is -0.444 e. The van der Waals surface area contributed by atoms with Crippen LogP contribution in [0.1, 0.15) is 60.8 Å². The first-order chi connectivity index (χ1) is 8.67. The van der Waals surface area contributed by atoms with Crippen molar-refractivity contribution < 1.29 is 14.6 Å². The molecule has 0 aromatic rings. The lowest BCUT2D eigenvalue weighted by Crippen LogP contribution is -2.30. The third kappa shape index (κ3) is 4.68. The zero-order chi connectivity index (χ0) is 14.8. The van der Waals surface area contributed by atoms with Crippen LogP contribution in [0.15, 0.2) is 0 Å². The predicted octanol–water partition coefficient (Wildman–Crippen LogP) is 3.18. The van der Waals surface area contributed by atoms with E-state index < -0.39 is 11.7 Å². The number of ether oxygens (including phenoxy) is 1. The highest BCUT2D eigenvalue weighted by atomic mass is 16.6. The highest BCUT2D eigenvalue weighted by molar-refractivity contribution is 5.72. The molecule has 4 heteroatoms. The molecule has 0 aromatic carbocycles. The van der Waals surface area contributed by atoms with Crippen molar-refractivity contribution in [3.8, 4) is 0 Å². The van der Waals surface area contributed by atoms with Crippen molar-refractivity contribution in [2.24, 2.45) is 5.92 Å². The van der Waals surface area contributed by atoms with Crippen LogP contribution in [-0.2, 0) is 4.74 Å². The van der Waals surface area contributed by atoms with Crippen LogP contribution in [-0.4, -0.2) is 39.9 Å². The monoisotopic (exact) mass is 271 g/mol. The average Bonchev–Trinajstić information content (AvgIpc) is 2.88. The second-order valence-corrected chi connectivity index (χ2v) is 6.93. The molecule has 1 fully saturated rings. The van der Waals surface area contributed by atoms with Gasteiger partial charge >= 0.3 is 6.09 Å². The number of amides is 1. The van der Waals surface area contributed by atoms with Crippen LogP contribution in [0.4, 0.5) is 4.79 Å². The Morgan fingerprint density at radius 1 is 1.37 bits per heavy atom. The van der Waals surface area contributed by atoms with Crippen molar-refractivity contribution in [2.75, 3.05) is 0 Å². The fourth-order valence-electron chi connectivity index (χ4n) is 2.54. The molecule has 0 aliphatic carbocycles. The highest BCUT2D eigenvalue weighted by Crippen LogP contribution is 2.37. The first-order valence-electron chi connectivity index (χ1n) is 7.36. The van der Waals surface area contributed by atoms with Crippen LogP contribution >= 0.6 is 0 Å². The van der Waals surface area contributed by atoms with E-state index in [2.05, 4.69) is 20.8 Å². The molecule has 4 nitrogen and oxygen atoms in total. The van der Waals surface area contributed by atoms with Gasteiger partial charge in [0.2, 0.25) is 0 Å². The number of carbonyl (C=O) groups is 1. The molecule has 1 saturated heterocycles. The molecular formula is C15H29NO3. The van der Waals surface area contributed by atoms with E-state index in [1.165, 1.54) is 0 Å². The molecule has 1 rings (SSSR count). The standard InChI is InChI=1S/C15H29NO3/c1-7-8-11-13(12(17)9-10(2)3)16(11)14(18)19-15(4,5)6/h10-13,17H,7-9H2,1-6H3/t11-,12+,13+,16?/m0/s1. The van der Waals surface area contributed by atoms with E-state index in [1.807, 2.05) is 20.8 Å². The maximum atomic E-state index is 12.1. The molecule has 0 bridgehead atoms. The van der Waals surface area contributed by atoms with Crippen LogP contribution in [0.2, 0.25) is 0 Å². The number of aliphatic hydroxyl groups is 1. The molecule has 1 N–H and O–H groups in total. The van der Waals surface area contributed by atoms with Gasteiger partial charge in [-0.1, -0.05) is 27.2 Å². The van der Waals surface area contributed by atoms with Gasteiger partial charge in [-0.15, -0.1) is 0 Å². The van der Waals surface area contributed by atoms with E-state index in [4.69, 9.17) is 4.74 Å². The summed E-state index contributed by atoms with van der Waals surface area (Å²) in [7, 11) is 0. The molecule has 1 aliphatic heterocycles. The van der Waals surface area contributed by atoms with Crippen LogP contribution in [0, 0.1) is 5.92 Å².